The number of para-hydroxylation sites is 1. The van der Waals surface area contributed by atoms with Crippen LogP contribution in [0.3, 0.4) is 0 Å². The van der Waals surface area contributed by atoms with Gasteiger partial charge in [-0.3, -0.25) is 0 Å². The molecule has 0 radical (unpaired) electrons. The number of ether oxygens (including phenoxy) is 2. The highest BCUT2D eigenvalue weighted by molar-refractivity contribution is 5.97. The van der Waals surface area contributed by atoms with Crippen LogP contribution in [-0.4, -0.2) is 25.3 Å². The maximum atomic E-state index is 11.3. The Morgan fingerprint density at radius 1 is 1.00 bits per heavy atom. The van der Waals surface area contributed by atoms with Crippen molar-refractivity contribution in [3.63, 3.8) is 0 Å². The van der Waals surface area contributed by atoms with Gasteiger partial charge < -0.3 is 14.6 Å². The lowest BCUT2D eigenvalue weighted by Crippen LogP contribution is -2.01. The molecule has 0 aromatic heterocycles. The Bertz CT molecular complexity index is 605. The van der Waals surface area contributed by atoms with Crippen molar-refractivity contribution in [1.29, 1.82) is 0 Å². The quantitative estimate of drug-likeness (QED) is 0.915. The van der Waals surface area contributed by atoms with Crippen molar-refractivity contribution in [2.75, 3.05) is 14.2 Å². The molecule has 0 aliphatic rings. The van der Waals surface area contributed by atoms with E-state index in [2.05, 4.69) is 0 Å². The van der Waals surface area contributed by atoms with Crippen LogP contribution in [0.5, 0.6) is 11.5 Å². The number of aromatic carboxylic acids is 1. The minimum atomic E-state index is -0.983. The standard InChI is InChI=1S/C15H14O4/c1-18-10-7-8-12(15(16)17)13(9-10)11-5-3-4-6-14(11)19-2/h3-9H,1-2H3,(H,16,17). The molecule has 0 aliphatic heterocycles. The molecule has 98 valence electrons. The van der Waals surface area contributed by atoms with Crippen molar-refractivity contribution in [3.05, 3.63) is 48.0 Å². The lowest BCUT2D eigenvalue weighted by molar-refractivity contribution is 0.0697. The Balaban J connectivity index is 2.68. The molecule has 2 rings (SSSR count). The fourth-order valence-electron chi connectivity index (χ4n) is 1.93. The Labute approximate surface area is 111 Å². The summed E-state index contributed by atoms with van der Waals surface area (Å²) in [7, 11) is 3.10. The number of carbonyl (C=O) groups is 1. The van der Waals surface area contributed by atoms with Gasteiger partial charge in [0, 0.05) is 11.1 Å². The number of benzene rings is 2. The monoisotopic (exact) mass is 258 g/mol. The summed E-state index contributed by atoms with van der Waals surface area (Å²) >= 11 is 0. The highest BCUT2D eigenvalue weighted by Gasteiger charge is 2.15. The molecule has 4 heteroatoms. The normalized spacial score (nSPS) is 10.0. The molecule has 0 bridgehead atoms. The number of hydrogen-bond acceptors (Lipinski definition) is 3. The number of rotatable bonds is 4. The average Bonchev–Trinajstić information content (AvgIpc) is 2.46. The SMILES string of the molecule is COc1ccc(C(=O)O)c(-c2ccccc2OC)c1. The van der Waals surface area contributed by atoms with E-state index in [4.69, 9.17) is 9.47 Å². The van der Waals surface area contributed by atoms with Gasteiger partial charge in [0.2, 0.25) is 0 Å². The molecule has 2 aromatic carbocycles. The maximum Gasteiger partial charge on any atom is 0.336 e. The third kappa shape index (κ3) is 2.52. The van der Waals surface area contributed by atoms with Crippen LogP contribution in [0.1, 0.15) is 10.4 Å². The summed E-state index contributed by atoms with van der Waals surface area (Å²) in [4.78, 5) is 11.3. The first kappa shape index (κ1) is 13.0. The molecule has 0 aliphatic carbocycles. The largest absolute Gasteiger partial charge is 0.497 e. The van der Waals surface area contributed by atoms with Gasteiger partial charge in [0.05, 0.1) is 19.8 Å². The zero-order valence-electron chi connectivity index (χ0n) is 10.7. The van der Waals surface area contributed by atoms with E-state index >= 15 is 0 Å². The molecule has 1 N–H and O–H groups in total. The van der Waals surface area contributed by atoms with Crippen molar-refractivity contribution < 1.29 is 19.4 Å². The van der Waals surface area contributed by atoms with Crippen molar-refractivity contribution in [1.82, 2.24) is 0 Å². The summed E-state index contributed by atoms with van der Waals surface area (Å²) in [6.45, 7) is 0. The van der Waals surface area contributed by atoms with E-state index < -0.39 is 5.97 Å². The van der Waals surface area contributed by atoms with Gasteiger partial charge in [-0.2, -0.15) is 0 Å². The van der Waals surface area contributed by atoms with Gasteiger partial charge in [-0.15, -0.1) is 0 Å². The Hall–Kier alpha value is -2.49. The maximum absolute atomic E-state index is 11.3. The first-order valence-corrected chi connectivity index (χ1v) is 5.72. The predicted molar refractivity (Wildman–Crippen MR) is 71.9 cm³/mol. The molecule has 2 aromatic rings. The van der Waals surface area contributed by atoms with E-state index in [9.17, 15) is 9.90 Å². The molecule has 0 unspecified atom stereocenters. The minimum absolute atomic E-state index is 0.213. The Morgan fingerprint density at radius 3 is 2.37 bits per heavy atom. The second kappa shape index (κ2) is 5.44. The van der Waals surface area contributed by atoms with Gasteiger partial charge in [-0.25, -0.2) is 4.79 Å². The van der Waals surface area contributed by atoms with E-state index in [1.54, 1.807) is 32.4 Å². The summed E-state index contributed by atoms with van der Waals surface area (Å²) in [5, 5.41) is 9.27. The van der Waals surface area contributed by atoms with Gasteiger partial charge in [0.15, 0.2) is 0 Å². The molecule has 0 heterocycles. The second-order valence-corrected chi connectivity index (χ2v) is 3.92. The van der Waals surface area contributed by atoms with E-state index in [0.29, 0.717) is 17.1 Å². The number of hydrogen-bond donors (Lipinski definition) is 1. The van der Waals surface area contributed by atoms with Crippen LogP contribution in [0.4, 0.5) is 0 Å². The van der Waals surface area contributed by atoms with E-state index in [1.165, 1.54) is 6.07 Å². The van der Waals surface area contributed by atoms with Crippen LogP contribution < -0.4 is 9.47 Å². The molecule has 0 spiro atoms. The van der Waals surface area contributed by atoms with Crippen LogP contribution >= 0.6 is 0 Å². The fraction of sp³-hybridized carbons (Fsp3) is 0.133. The number of methoxy groups -OCH3 is 2. The zero-order chi connectivity index (χ0) is 13.8. The van der Waals surface area contributed by atoms with Gasteiger partial charge in [0.1, 0.15) is 11.5 Å². The topological polar surface area (TPSA) is 55.8 Å². The van der Waals surface area contributed by atoms with Crippen molar-refractivity contribution in [3.8, 4) is 22.6 Å². The van der Waals surface area contributed by atoms with E-state index in [-0.39, 0.29) is 5.56 Å². The molecule has 19 heavy (non-hydrogen) atoms. The Morgan fingerprint density at radius 2 is 1.74 bits per heavy atom. The molecule has 0 fully saturated rings. The van der Waals surface area contributed by atoms with E-state index in [0.717, 1.165) is 5.56 Å². The second-order valence-electron chi connectivity index (χ2n) is 3.92. The summed E-state index contributed by atoms with van der Waals surface area (Å²) in [6, 6.07) is 12.1. The number of carboxylic acid groups (broad SMARTS) is 1. The molecule has 0 saturated carbocycles. The van der Waals surface area contributed by atoms with Gasteiger partial charge in [0.25, 0.3) is 0 Å². The van der Waals surface area contributed by atoms with Gasteiger partial charge >= 0.3 is 5.97 Å². The smallest absolute Gasteiger partial charge is 0.336 e. The summed E-state index contributed by atoms with van der Waals surface area (Å²) in [5.41, 5.74) is 1.51. The van der Waals surface area contributed by atoms with Crippen LogP contribution in [-0.2, 0) is 0 Å². The molecule has 0 amide bonds. The summed E-state index contributed by atoms with van der Waals surface area (Å²) < 4.78 is 10.4. The van der Waals surface area contributed by atoms with Crippen LogP contribution in [0.15, 0.2) is 42.5 Å². The van der Waals surface area contributed by atoms with Crippen LogP contribution in [0.2, 0.25) is 0 Å². The number of carboxylic acids is 1. The first-order valence-electron chi connectivity index (χ1n) is 5.72. The van der Waals surface area contributed by atoms with E-state index in [1.807, 2.05) is 18.2 Å². The molecular weight excluding hydrogens is 244 g/mol. The predicted octanol–water partition coefficient (Wildman–Crippen LogP) is 3.07. The molecule has 4 nitrogen and oxygen atoms in total. The third-order valence-electron chi connectivity index (χ3n) is 2.85. The summed E-state index contributed by atoms with van der Waals surface area (Å²) in [5.74, 6) is 0.243. The van der Waals surface area contributed by atoms with Gasteiger partial charge in [-0.1, -0.05) is 18.2 Å². The lowest BCUT2D eigenvalue weighted by atomic mass is 9.98. The average molecular weight is 258 g/mol. The molecular formula is C15H14O4. The van der Waals surface area contributed by atoms with Crippen molar-refractivity contribution in [2.24, 2.45) is 0 Å². The molecule has 0 saturated heterocycles. The first-order chi connectivity index (χ1) is 9.17. The van der Waals surface area contributed by atoms with Crippen LogP contribution in [0, 0.1) is 0 Å². The third-order valence-corrected chi connectivity index (χ3v) is 2.85. The van der Waals surface area contributed by atoms with Crippen molar-refractivity contribution >= 4 is 5.97 Å². The fourth-order valence-corrected chi connectivity index (χ4v) is 1.93. The summed E-state index contributed by atoms with van der Waals surface area (Å²) in [6.07, 6.45) is 0. The highest BCUT2D eigenvalue weighted by Crippen LogP contribution is 2.34. The lowest BCUT2D eigenvalue weighted by Gasteiger charge is -2.12. The zero-order valence-corrected chi connectivity index (χ0v) is 10.7. The van der Waals surface area contributed by atoms with Gasteiger partial charge in [-0.05, 0) is 24.3 Å². The van der Waals surface area contributed by atoms with Crippen LogP contribution in [0.25, 0.3) is 11.1 Å². The minimum Gasteiger partial charge on any atom is -0.497 e. The molecule has 0 atom stereocenters. The highest BCUT2D eigenvalue weighted by atomic mass is 16.5. The Kier molecular flexibility index (Phi) is 3.71. The van der Waals surface area contributed by atoms with Crippen molar-refractivity contribution in [2.45, 2.75) is 0 Å².